The molecule has 3 nitrogen and oxygen atoms in total. The zero-order valence-corrected chi connectivity index (χ0v) is 10.4. The SMILES string of the molecule is C.CC.Nc1ccccc1.Nc1ccccc1.O.[HH].[HH]. The van der Waals surface area contributed by atoms with Gasteiger partial charge in [-0.1, -0.05) is 57.7 Å². The normalized spacial score (nSPS) is 7.00. The Bertz CT molecular complexity index is 321. The van der Waals surface area contributed by atoms with E-state index in [0.29, 0.717) is 0 Å². The van der Waals surface area contributed by atoms with Crippen molar-refractivity contribution in [3.8, 4) is 0 Å². The zero-order valence-electron chi connectivity index (χ0n) is 10.4. The molecular weight excluding hydrogens is 224 g/mol. The first-order valence-corrected chi connectivity index (χ1v) is 5.40. The van der Waals surface area contributed by atoms with Gasteiger partial charge in [0.1, 0.15) is 0 Å². The van der Waals surface area contributed by atoms with Gasteiger partial charge in [-0.15, -0.1) is 0 Å². The van der Waals surface area contributed by atoms with Gasteiger partial charge in [0.15, 0.2) is 0 Å². The van der Waals surface area contributed by atoms with Crippen LogP contribution in [0.1, 0.15) is 24.1 Å². The Morgan fingerprint density at radius 2 is 0.889 bits per heavy atom. The molecule has 0 amide bonds. The third kappa shape index (κ3) is 12.1. The Balaban J connectivity index is -0.0000000566. The lowest BCUT2D eigenvalue weighted by Gasteiger charge is -1.83. The topological polar surface area (TPSA) is 83.5 Å². The van der Waals surface area contributed by atoms with E-state index in [-0.39, 0.29) is 15.8 Å². The van der Waals surface area contributed by atoms with E-state index in [1.807, 2.05) is 74.5 Å². The first kappa shape index (κ1) is 21.3. The number of anilines is 2. The van der Waals surface area contributed by atoms with Gasteiger partial charge in [-0.05, 0) is 24.3 Å². The van der Waals surface area contributed by atoms with E-state index in [0.717, 1.165) is 11.4 Å². The highest BCUT2D eigenvalue weighted by atomic mass is 16.0. The number of rotatable bonds is 0. The average Bonchev–Trinajstić information content (AvgIpc) is 2.34. The fraction of sp³-hybridized carbons (Fsp3) is 0.200. The largest absolute Gasteiger partial charge is 0.412 e. The van der Waals surface area contributed by atoms with Crippen LogP contribution in [0.4, 0.5) is 11.4 Å². The highest BCUT2D eigenvalue weighted by Gasteiger charge is 1.72. The molecule has 0 atom stereocenters. The molecule has 0 unspecified atom stereocenters. The number of nitrogen functional groups attached to an aromatic ring is 2. The highest BCUT2D eigenvalue weighted by Crippen LogP contribution is 1.96. The van der Waals surface area contributed by atoms with Crippen molar-refractivity contribution in [1.29, 1.82) is 0 Å². The number of benzene rings is 2. The fourth-order valence-electron chi connectivity index (χ4n) is 0.906. The highest BCUT2D eigenvalue weighted by molar-refractivity contribution is 5.36. The Kier molecular flexibility index (Phi) is 17.8. The molecule has 106 valence electrons. The van der Waals surface area contributed by atoms with Crippen LogP contribution in [-0.4, -0.2) is 5.48 Å². The second-order valence-electron chi connectivity index (χ2n) is 2.82. The lowest BCUT2D eigenvalue weighted by Crippen LogP contribution is -1.79. The van der Waals surface area contributed by atoms with E-state index in [1.165, 1.54) is 0 Å². The monoisotopic (exact) mass is 254 g/mol. The molecule has 0 radical (unpaired) electrons. The summed E-state index contributed by atoms with van der Waals surface area (Å²) < 4.78 is 0. The second-order valence-corrected chi connectivity index (χ2v) is 2.82. The lowest BCUT2D eigenvalue weighted by atomic mass is 10.3. The Hall–Kier alpha value is -2.00. The quantitative estimate of drug-likeness (QED) is 0.699. The summed E-state index contributed by atoms with van der Waals surface area (Å²) in [5.41, 5.74) is 12.4. The number of nitrogens with two attached hydrogens (primary N) is 2. The van der Waals surface area contributed by atoms with Crippen molar-refractivity contribution in [3.05, 3.63) is 60.7 Å². The van der Waals surface area contributed by atoms with Crippen molar-refractivity contribution in [2.24, 2.45) is 0 Å². The van der Waals surface area contributed by atoms with Crippen molar-refractivity contribution in [3.63, 3.8) is 0 Å². The summed E-state index contributed by atoms with van der Waals surface area (Å²) in [7, 11) is 0. The Morgan fingerprint density at radius 3 is 1.00 bits per heavy atom. The molecule has 0 bridgehead atoms. The minimum absolute atomic E-state index is 0. The summed E-state index contributed by atoms with van der Waals surface area (Å²) in [6.07, 6.45) is 0. The van der Waals surface area contributed by atoms with Gasteiger partial charge in [-0.25, -0.2) is 0 Å². The maximum absolute atomic E-state index is 5.36. The molecule has 0 aliphatic rings. The van der Waals surface area contributed by atoms with Gasteiger partial charge >= 0.3 is 0 Å². The summed E-state index contributed by atoms with van der Waals surface area (Å²) >= 11 is 0. The van der Waals surface area contributed by atoms with Gasteiger partial charge in [0.2, 0.25) is 0 Å². The van der Waals surface area contributed by atoms with Crippen LogP contribution < -0.4 is 11.5 Å². The smallest absolute Gasteiger partial charge is 0.0313 e. The van der Waals surface area contributed by atoms with E-state index in [2.05, 4.69) is 0 Å². The predicted octanol–water partition coefficient (Wildman–Crippen LogP) is 3.87. The first-order chi connectivity index (χ1) is 7.79. The van der Waals surface area contributed by atoms with Crippen LogP contribution >= 0.6 is 0 Å². The Morgan fingerprint density at radius 1 is 0.667 bits per heavy atom. The molecule has 3 heteroatoms. The van der Waals surface area contributed by atoms with Gasteiger partial charge in [0, 0.05) is 14.2 Å². The van der Waals surface area contributed by atoms with Crippen LogP contribution in [0.2, 0.25) is 0 Å². The average molecular weight is 254 g/mol. The van der Waals surface area contributed by atoms with Crippen LogP contribution in [0.25, 0.3) is 0 Å². The number of hydrogen-bond donors (Lipinski definition) is 2. The molecular formula is C15H30N2O. The molecule has 6 N–H and O–H groups in total. The maximum Gasteiger partial charge on any atom is 0.0313 e. The molecule has 0 aliphatic carbocycles. The lowest BCUT2D eigenvalue weighted by molar-refractivity contribution is 0.824. The van der Waals surface area contributed by atoms with Crippen molar-refractivity contribution >= 4 is 11.4 Å². The van der Waals surface area contributed by atoms with Gasteiger partial charge in [-0.2, -0.15) is 0 Å². The van der Waals surface area contributed by atoms with Gasteiger partial charge in [0.05, 0.1) is 0 Å². The summed E-state index contributed by atoms with van der Waals surface area (Å²) in [4.78, 5) is 0. The standard InChI is InChI=1S/2C6H7N.C2H6.CH4.H2O.2H2/c2*7-6-4-2-1-3-5-6;1-2;;;;/h2*1-5H,7H2;1-2H3;1H4;1H2;2*1H. The number of para-hydroxylation sites is 2. The molecule has 0 saturated carbocycles. The summed E-state index contributed by atoms with van der Waals surface area (Å²) in [6.45, 7) is 4.00. The van der Waals surface area contributed by atoms with Crippen LogP contribution in [0, 0.1) is 0 Å². The summed E-state index contributed by atoms with van der Waals surface area (Å²) in [5, 5.41) is 0. The molecule has 0 spiro atoms. The van der Waals surface area contributed by atoms with Gasteiger partial charge in [-0.3, -0.25) is 0 Å². The van der Waals surface area contributed by atoms with Crippen LogP contribution in [0.5, 0.6) is 0 Å². The minimum atomic E-state index is 0. The van der Waals surface area contributed by atoms with E-state index in [4.69, 9.17) is 11.5 Å². The third-order valence-electron chi connectivity index (χ3n) is 1.60. The molecule has 2 aromatic carbocycles. The predicted molar refractivity (Wildman–Crippen MR) is 87.6 cm³/mol. The van der Waals surface area contributed by atoms with Gasteiger partial charge < -0.3 is 16.9 Å². The van der Waals surface area contributed by atoms with Crippen molar-refractivity contribution in [2.75, 3.05) is 11.5 Å². The molecule has 0 saturated heterocycles. The second kappa shape index (κ2) is 15.0. The van der Waals surface area contributed by atoms with E-state index < -0.39 is 0 Å². The molecule has 18 heavy (non-hydrogen) atoms. The molecule has 0 aliphatic heterocycles. The maximum atomic E-state index is 5.36. The molecule has 2 rings (SSSR count). The van der Waals surface area contributed by atoms with E-state index in [1.54, 1.807) is 0 Å². The fourth-order valence-corrected chi connectivity index (χ4v) is 0.906. The molecule has 0 heterocycles. The third-order valence-corrected chi connectivity index (χ3v) is 1.60. The summed E-state index contributed by atoms with van der Waals surface area (Å²) in [6, 6.07) is 19.0. The van der Waals surface area contributed by atoms with Gasteiger partial charge in [0.25, 0.3) is 0 Å². The van der Waals surface area contributed by atoms with Crippen molar-refractivity contribution < 1.29 is 8.33 Å². The van der Waals surface area contributed by atoms with Crippen LogP contribution in [0.3, 0.4) is 0 Å². The van der Waals surface area contributed by atoms with Crippen molar-refractivity contribution in [2.45, 2.75) is 21.3 Å². The molecule has 2 aromatic rings. The molecule has 0 aromatic heterocycles. The van der Waals surface area contributed by atoms with E-state index >= 15 is 0 Å². The molecule has 0 fully saturated rings. The first-order valence-electron chi connectivity index (χ1n) is 5.40. The van der Waals surface area contributed by atoms with E-state index in [9.17, 15) is 0 Å². The Labute approximate surface area is 114 Å². The van der Waals surface area contributed by atoms with Crippen LogP contribution in [-0.2, 0) is 0 Å². The summed E-state index contributed by atoms with van der Waals surface area (Å²) in [5.74, 6) is 0. The number of hydrogen-bond acceptors (Lipinski definition) is 2. The van der Waals surface area contributed by atoms with Crippen LogP contribution in [0.15, 0.2) is 60.7 Å². The zero-order chi connectivity index (χ0) is 12.2. The minimum Gasteiger partial charge on any atom is -0.412 e. The van der Waals surface area contributed by atoms with Crippen molar-refractivity contribution in [1.82, 2.24) is 0 Å².